The summed E-state index contributed by atoms with van der Waals surface area (Å²) in [5.41, 5.74) is 1.95. The Hall–Kier alpha value is -0.840. The smallest absolute Gasteiger partial charge is 0.147 e. The fourth-order valence-electron chi connectivity index (χ4n) is 4.00. The number of oxime groups is 1. The highest BCUT2D eigenvalue weighted by Gasteiger charge is 2.37. The number of aliphatic imine (C=N–C) groups is 1. The van der Waals surface area contributed by atoms with Gasteiger partial charge in [0, 0.05) is 23.9 Å². The maximum absolute atomic E-state index is 13.1. The molecular weight excluding hydrogens is 368 g/mol. The molecule has 1 aliphatic carbocycles. The Labute approximate surface area is 177 Å². The lowest BCUT2D eigenvalue weighted by Gasteiger charge is -2.31. The zero-order chi connectivity index (χ0) is 20.8. The lowest BCUT2D eigenvalue weighted by molar-refractivity contribution is -0.121. The zero-order valence-corrected chi connectivity index (χ0v) is 19.7. The van der Waals surface area contributed by atoms with Crippen LogP contribution in [0.2, 0.25) is 0 Å². The maximum atomic E-state index is 13.1. The molecule has 0 spiro atoms. The molecule has 0 aromatic carbocycles. The first-order valence-corrected chi connectivity index (χ1v) is 12.5. The molecule has 0 heterocycles. The number of hydrogen-bond donors (Lipinski definition) is 0. The standard InChI is InChI=1S/C23H42N2O2S/c1-6-10-11-12-14-24-21-16-19(15-18(5)28-9-4)17-22(26)23(21)20(13-7-2)25-27-8-3/h18-19,23H,6-17H2,1-5H3/b24-21?,25-20-/t18-,19+,23?/m0/s1. The molecule has 0 aromatic rings. The van der Waals surface area contributed by atoms with E-state index in [1.807, 2.05) is 18.7 Å². The fraction of sp³-hybridized carbons (Fsp3) is 0.870. The minimum absolute atomic E-state index is 0.247. The molecule has 0 saturated heterocycles. The average molecular weight is 411 g/mol. The van der Waals surface area contributed by atoms with E-state index in [4.69, 9.17) is 9.83 Å². The van der Waals surface area contributed by atoms with E-state index in [9.17, 15) is 4.79 Å². The first-order chi connectivity index (χ1) is 13.6. The minimum atomic E-state index is -0.247. The van der Waals surface area contributed by atoms with Crippen LogP contribution in [0.3, 0.4) is 0 Å². The number of nitrogens with zero attached hydrogens (tertiary/aromatic N) is 2. The Morgan fingerprint density at radius 2 is 1.93 bits per heavy atom. The zero-order valence-electron chi connectivity index (χ0n) is 18.8. The molecule has 28 heavy (non-hydrogen) atoms. The van der Waals surface area contributed by atoms with Crippen LogP contribution in [0, 0.1) is 11.8 Å². The van der Waals surface area contributed by atoms with Crippen LogP contribution in [-0.2, 0) is 9.63 Å². The molecule has 1 unspecified atom stereocenters. The van der Waals surface area contributed by atoms with Gasteiger partial charge in [0.2, 0.25) is 0 Å². The van der Waals surface area contributed by atoms with Crippen molar-refractivity contribution >= 4 is 29.0 Å². The molecule has 0 amide bonds. The van der Waals surface area contributed by atoms with Gasteiger partial charge < -0.3 is 4.84 Å². The Morgan fingerprint density at radius 3 is 2.57 bits per heavy atom. The summed E-state index contributed by atoms with van der Waals surface area (Å²) in [6.45, 7) is 12.1. The first-order valence-electron chi connectivity index (χ1n) is 11.4. The van der Waals surface area contributed by atoms with Crippen molar-refractivity contribution < 1.29 is 9.63 Å². The summed E-state index contributed by atoms with van der Waals surface area (Å²) in [6, 6.07) is 0. The highest BCUT2D eigenvalue weighted by Crippen LogP contribution is 2.32. The predicted octanol–water partition coefficient (Wildman–Crippen LogP) is 6.33. The summed E-state index contributed by atoms with van der Waals surface area (Å²) in [5.74, 6) is 1.60. The second kappa shape index (κ2) is 15.1. The third kappa shape index (κ3) is 9.11. The summed E-state index contributed by atoms with van der Waals surface area (Å²) in [4.78, 5) is 23.5. The molecule has 0 aliphatic heterocycles. The van der Waals surface area contributed by atoms with Gasteiger partial charge >= 0.3 is 0 Å². The van der Waals surface area contributed by atoms with Crippen LogP contribution in [-0.4, -0.2) is 41.4 Å². The van der Waals surface area contributed by atoms with Crippen molar-refractivity contribution in [2.75, 3.05) is 18.9 Å². The topological polar surface area (TPSA) is 51.0 Å². The molecule has 5 heteroatoms. The third-order valence-electron chi connectivity index (χ3n) is 5.24. The molecule has 0 N–H and O–H groups in total. The van der Waals surface area contributed by atoms with Crippen LogP contribution in [0.4, 0.5) is 0 Å². The summed E-state index contributed by atoms with van der Waals surface area (Å²) in [5, 5.41) is 4.94. The number of carbonyl (C=O) groups is 1. The fourth-order valence-corrected chi connectivity index (χ4v) is 4.98. The van der Waals surface area contributed by atoms with Gasteiger partial charge in [0.1, 0.15) is 12.4 Å². The second-order valence-corrected chi connectivity index (χ2v) is 9.57. The minimum Gasteiger partial charge on any atom is -0.396 e. The molecule has 0 bridgehead atoms. The van der Waals surface area contributed by atoms with Crippen LogP contribution >= 0.6 is 11.8 Å². The van der Waals surface area contributed by atoms with E-state index in [2.05, 4.69) is 32.9 Å². The first kappa shape index (κ1) is 25.2. The van der Waals surface area contributed by atoms with Crippen molar-refractivity contribution in [2.45, 2.75) is 97.7 Å². The normalized spacial score (nSPS) is 23.2. The van der Waals surface area contributed by atoms with E-state index in [1.54, 1.807) is 0 Å². The Balaban J connectivity index is 2.96. The van der Waals surface area contributed by atoms with E-state index in [0.717, 1.165) is 55.8 Å². The van der Waals surface area contributed by atoms with Gasteiger partial charge in [-0.25, -0.2) is 0 Å². The molecule has 4 nitrogen and oxygen atoms in total. The van der Waals surface area contributed by atoms with Crippen molar-refractivity contribution in [1.29, 1.82) is 0 Å². The van der Waals surface area contributed by atoms with Gasteiger partial charge in [0.15, 0.2) is 0 Å². The van der Waals surface area contributed by atoms with Gasteiger partial charge in [0.25, 0.3) is 0 Å². The molecule has 1 fully saturated rings. The van der Waals surface area contributed by atoms with E-state index in [1.165, 1.54) is 19.3 Å². The van der Waals surface area contributed by atoms with Gasteiger partial charge in [-0.3, -0.25) is 9.79 Å². The number of hydrogen-bond acceptors (Lipinski definition) is 5. The number of unbranched alkanes of at least 4 members (excludes halogenated alkanes) is 3. The second-order valence-electron chi connectivity index (χ2n) is 7.86. The molecule has 1 aliphatic rings. The van der Waals surface area contributed by atoms with Crippen molar-refractivity contribution in [2.24, 2.45) is 22.0 Å². The van der Waals surface area contributed by atoms with E-state index < -0.39 is 0 Å². The van der Waals surface area contributed by atoms with E-state index in [0.29, 0.717) is 30.0 Å². The molecule has 1 rings (SSSR count). The van der Waals surface area contributed by atoms with Crippen LogP contribution in [0.25, 0.3) is 0 Å². The number of carbonyl (C=O) groups excluding carboxylic acids is 1. The molecule has 1 saturated carbocycles. The third-order valence-corrected chi connectivity index (χ3v) is 6.33. The lowest BCUT2D eigenvalue weighted by atomic mass is 9.75. The number of rotatable bonds is 14. The number of ketones is 1. The highest BCUT2D eigenvalue weighted by atomic mass is 32.2. The largest absolute Gasteiger partial charge is 0.396 e. The van der Waals surface area contributed by atoms with Crippen LogP contribution in [0.1, 0.15) is 92.4 Å². The quantitative estimate of drug-likeness (QED) is 0.191. The number of thioether (sulfide) groups is 1. The summed E-state index contributed by atoms with van der Waals surface area (Å²) in [6.07, 6.45) is 9.27. The molecule has 162 valence electrons. The monoisotopic (exact) mass is 410 g/mol. The van der Waals surface area contributed by atoms with Crippen molar-refractivity contribution in [3.05, 3.63) is 0 Å². The number of Topliss-reactive ketones (excluding diaryl/α,β-unsaturated/α-hetero) is 1. The lowest BCUT2D eigenvalue weighted by Crippen LogP contribution is -2.39. The van der Waals surface area contributed by atoms with Crippen LogP contribution < -0.4 is 0 Å². The molecule has 3 atom stereocenters. The Morgan fingerprint density at radius 1 is 1.14 bits per heavy atom. The predicted molar refractivity (Wildman–Crippen MR) is 124 cm³/mol. The van der Waals surface area contributed by atoms with E-state index in [-0.39, 0.29) is 5.92 Å². The summed E-state index contributed by atoms with van der Waals surface area (Å²) in [7, 11) is 0. The van der Waals surface area contributed by atoms with Crippen molar-refractivity contribution in [1.82, 2.24) is 0 Å². The maximum Gasteiger partial charge on any atom is 0.147 e. The van der Waals surface area contributed by atoms with Gasteiger partial charge in [-0.15, -0.1) is 0 Å². The highest BCUT2D eigenvalue weighted by molar-refractivity contribution is 7.99. The van der Waals surface area contributed by atoms with Crippen LogP contribution in [0.15, 0.2) is 10.1 Å². The van der Waals surface area contributed by atoms with Gasteiger partial charge in [-0.05, 0) is 44.3 Å². The van der Waals surface area contributed by atoms with Gasteiger partial charge in [-0.1, -0.05) is 58.5 Å². The average Bonchev–Trinajstić information content (AvgIpc) is 2.65. The molecular formula is C23H42N2O2S. The SMILES string of the molecule is CCCCCCN=C1C[C@@H](C[C@H](C)SCC)CC(=O)C1/C(CCC)=N\OCC. The Bertz CT molecular complexity index is 505. The molecule has 0 aromatic heterocycles. The van der Waals surface area contributed by atoms with E-state index >= 15 is 0 Å². The molecule has 0 radical (unpaired) electrons. The van der Waals surface area contributed by atoms with Gasteiger partial charge in [0.05, 0.1) is 11.6 Å². The summed E-state index contributed by atoms with van der Waals surface area (Å²) >= 11 is 1.99. The van der Waals surface area contributed by atoms with Gasteiger partial charge in [-0.2, -0.15) is 11.8 Å². The van der Waals surface area contributed by atoms with Crippen LogP contribution in [0.5, 0.6) is 0 Å². The van der Waals surface area contributed by atoms with Crippen molar-refractivity contribution in [3.8, 4) is 0 Å². The summed E-state index contributed by atoms with van der Waals surface area (Å²) < 4.78 is 0. The van der Waals surface area contributed by atoms with Crippen molar-refractivity contribution in [3.63, 3.8) is 0 Å². The Kier molecular flexibility index (Phi) is 13.6.